The minimum Gasteiger partial charge on any atom is -0.508 e. The molecule has 1 aromatic heterocycles. The fourth-order valence-electron chi connectivity index (χ4n) is 13.7. The first-order chi connectivity index (χ1) is 51.0. The van der Waals surface area contributed by atoms with Gasteiger partial charge in [-0.3, -0.25) is 71.6 Å². The molecule has 43 heteroatoms. The van der Waals surface area contributed by atoms with Crippen LogP contribution in [0, 0.1) is 0 Å². The number of phosphoric ester groups is 1. The number of urea groups is 1. The number of phenolic OH excluding ortho intramolecular Hbond substituents is 1. The summed E-state index contributed by atoms with van der Waals surface area (Å²) < 4.78 is 17.2. The Morgan fingerprint density at radius 1 is 0.636 bits per heavy atom. The molecule has 6 saturated heterocycles. The zero-order valence-electron chi connectivity index (χ0n) is 58.5. The fourth-order valence-corrected chi connectivity index (χ4v) is 16.1. The van der Waals surface area contributed by atoms with E-state index in [-0.39, 0.29) is 112 Å². The first-order valence-electron chi connectivity index (χ1n) is 35.1. The number of benzene rings is 1. The Kier molecular flexibility index (Phi) is 30.5. The van der Waals surface area contributed by atoms with Crippen LogP contribution in [-0.2, 0) is 89.1 Å². The molecule has 0 unspecified atom stereocenters. The van der Waals surface area contributed by atoms with Gasteiger partial charge in [-0.15, -0.1) is 0 Å². The third-order valence-corrected chi connectivity index (χ3v) is 21.6. The standard InChI is InChI=1S/C64H93N18O22PS2/c1-33(104-105(101,102)103)52(63(99)82-21-7-11-46(82)62(98)81-20-6-10-45(81)61(97)80-19-5-9-44(80)60(96)79-18-4-8-43(79)59(95)73-37(54(65)90)22-34-14-16-36(85)17-15-34)77-58(94)41(30-106)75-56(92)38(23-35-24-66-32-70-35)74-57(93)40(29-84)72-51(89)27-69-55(91)39(28-83)71-50(88)26-68-49(87)25-67-48(86)13-3-2-12-47-53-42(31-107-47)76-64(100)78-53/h14-17,24,32-33,37-47,52-53,83-85,106H,2-13,18-23,25-31H2,1H3,(H2,65,90)(H,66,70)(H,67,86)(H,68,87)(H,69,91)(H,71,88)(H,72,89)(H,73,95)(H,74,93)(H,75,92)(H,77,94)(H2,76,78,100)(H2,101,102,103)/t33-,37+,38+,39+,40+,41+,42+,43+,44+,45+,46+,47+,52+,53+/m1/s1. The normalized spacial score (nSPS) is 22.3. The number of carbonyl (C=O) groups is 15. The van der Waals surface area contributed by atoms with Crippen molar-refractivity contribution in [3.63, 3.8) is 0 Å². The van der Waals surface area contributed by atoms with E-state index >= 15 is 0 Å². The molecule has 14 atom stereocenters. The van der Waals surface area contributed by atoms with Crippen molar-refractivity contribution in [3.05, 3.63) is 48.0 Å². The molecule has 19 N–H and O–H groups in total. The van der Waals surface area contributed by atoms with Crippen LogP contribution in [0.25, 0.3) is 0 Å². The second-order valence-electron chi connectivity index (χ2n) is 26.7. The van der Waals surface area contributed by atoms with Crippen molar-refractivity contribution < 1.29 is 106 Å². The van der Waals surface area contributed by atoms with Crippen LogP contribution in [0.1, 0.15) is 95.2 Å². The van der Waals surface area contributed by atoms with Crippen LogP contribution in [0.5, 0.6) is 5.75 Å². The lowest BCUT2D eigenvalue weighted by molar-refractivity contribution is -0.153. The van der Waals surface area contributed by atoms with Gasteiger partial charge in [-0.2, -0.15) is 24.4 Å². The van der Waals surface area contributed by atoms with E-state index in [2.05, 4.69) is 81.1 Å². The van der Waals surface area contributed by atoms with Gasteiger partial charge in [0.05, 0.1) is 57.4 Å². The van der Waals surface area contributed by atoms with Gasteiger partial charge in [-0.1, -0.05) is 18.6 Å². The molecule has 2 aromatic rings. The molecule has 7 heterocycles. The molecule has 40 nitrogen and oxygen atoms in total. The summed E-state index contributed by atoms with van der Waals surface area (Å²) in [5.41, 5.74) is 6.50. The number of imidazole rings is 1. The van der Waals surface area contributed by atoms with E-state index in [4.69, 9.17) is 10.3 Å². The van der Waals surface area contributed by atoms with Crippen molar-refractivity contribution >= 4 is 121 Å². The summed E-state index contributed by atoms with van der Waals surface area (Å²) in [6, 6.07) is -8.54. The summed E-state index contributed by atoms with van der Waals surface area (Å²) >= 11 is 5.98. The average molecular weight is 1560 g/mol. The van der Waals surface area contributed by atoms with Gasteiger partial charge < -0.3 is 114 Å². The van der Waals surface area contributed by atoms with Crippen LogP contribution in [0.4, 0.5) is 4.79 Å². The molecule has 0 saturated carbocycles. The van der Waals surface area contributed by atoms with Gasteiger partial charge >= 0.3 is 13.9 Å². The molecule has 0 spiro atoms. The van der Waals surface area contributed by atoms with Gasteiger partial charge in [-0.05, 0) is 88.8 Å². The zero-order chi connectivity index (χ0) is 77.8. The summed E-state index contributed by atoms with van der Waals surface area (Å²) in [5, 5.41) is 56.8. The Labute approximate surface area is 623 Å². The third-order valence-electron chi connectivity index (χ3n) is 19.2. The second-order valence-corrected chi connectivity index (χ2v) is 29.5. The number of aromatic hydroxyl groups is 1. The number of aliphatic hydroxyl groups excluding tert-OH is 2. The van der Waals surface area contributed by atoms with Gasteiger partial charge in [0.15, 0.2) is 0 Å². The van der Waals surface area contributed by atoms with Crippen LogP contribution in [0.2, 0.25) is 0 Å². The predicted molar refractivity (Wildman–Crippen MR) is 377 cm³/mol. The van der Waals surface area contributed by atoms with Crippen molar-refractivity contribution in [2.24, 2.45) is 5.73 Å². The molecule has 8 rings (SSSR count). The van der Waals surface area contributed by atoms with E-state index in [9.17, 15) is 102 Å². The number of phosphoric acid groups is 1. The molecular formula is C64H93N18O22PS2. The number of hydrogen-bond donors (Lipinski definition) is 19. The summed E-state index contributed by atoms with van der Waals surface area (Å²) in [7, 11) is -5.44. The van der Waals surface area contributed by atoms with Crippen LogP contribution in [0.15, 0.2) is 36.8 Å². The quantitative estimate of drug-likeness (QED) is 0.0129. The van der Waals surface area contributed by atoms with Gasteiger partial charge in [0.2, 0.25) is 82.7 Å². The van der Waals surface area contributed by atoms with Crippen LogP contribution in [-0.4, -0.2) is 298 Å². The summed E-state index contributed by atoms with van der Waals surface area (Å²) in [6.07, 6.45) is 4.56. The highest BCUT2D eigenvalue weighted by Crippen LogP contribution is 2.39. The summed E-state index contributed by atoms with van der Waals surface area (Å²) in [5.74, 6) is -11.7. The molecule has 6 aliphatic heterocycles. The lowest BCUT2D eigenvalue weighted by atomic mass is 10.0. The second kappa shape index (κ2) is 39.1. The SMILES string of the molecule is C[C@@H](OP(=O)(O)O)[C@H](NC(=O)[C@H](CS)NC(=O)[C@H](Cc1cnc[nH]1)NC(=O)[C@H](CO)NC(=O)CNC(=O)[C@H](CO)NC(=O)CNC(=O)CNC(=O)CCCC[C@@H]1SC[C@@H]2NC(=O)N[C@@H]21)C(=O)N1CCC[C@H]1C(=O)N1CCC[C@H]1C(=O)N1CCC[C@H]1C(=O)N1CCC[C@H]1C(=O)N[C@@H](Cc1ccc(O)cc1)C(N)=O. The summed E-state index contributed by atoms with van der Waals surface area (Å²) in [6.45, 7) is -2.84. The molecule has 16 amide bonds. The number of nitrogens with one attached hydrogen (secondary N) is 12. The molecule has 0 radical (unpaired) electrons. The molecular weight excluding hydrogens is 1470 g/mol. The van der Waals surface area contributed by atoms with Crippen molar-refractivity contribution in [1.82, 2.24) is 88.1 Å². The Morgan fingerprint density at radius 2 is 1.16 bits per heavy atom. The average Bonchev–Trinajstić information content (AvgIpc) is 1.66. The fraction of sp³-hybridized carbons (Fsp3) is 0.625. The number of aromatic amines is 1. The third kappa shape index (κ3) is 23.2. The van der Waals surface area contributed by atoms with Crippen molar-refractivity contribution in [2.75, 3.05) is 70.5 Å². The zero-order valence-corrected chi connectivity index (χ0v) is 61.1. The topological polar surface area (TPSA) is 583 Å². The van der Waals surface area contributed by atoms with Crippen molar-refractivity contribution in [3.8, 4) is 5.75 Å². The number of hydrogen-bond acceptors (Lipinski definition) is 23. The molecule has 6 fully saturated rings. The highest BCUT2D eigenvalue weighted by Gasteiger charge is 2.50. The maximum Gasteiger partial charge on any atom is 0.469 e. The number of aliphatic hydroxyl groups is 2. The van der Waals surface area contributed by atoms with Gasteiger partial charge in [0.25, 0.3) is 0 Å². The number of aromatic nitrogens is 2. The molecule has 107 heavy (non-hydrogen) atoms. The highest BCUT2D eigenvalue weighted by atomic mass is 32.2. The van der Waals surface area contributed by atoms with E-state index < -0.39 is 196 Å². The van der Waals surface area contributed by atoms with Crippen molar-refractivity contribution in [1.29, 1.82) is 0 Å². The minimum atomic E-state index is -5.44. The molecule has 588 valence electrons. The largest absolute Gasteiger partial charge is 0.508 e. The number of nitrogens with two attached hydrogens (primary N) is 1. The van der Waals surface area contributed by atoms with Crippen LogP contribution in [0.3, 0.4) is 0 Å². The van der Waals surface area contributed by atoms with E-state index in [0.717, 1.165) is 24.0 Å². The van der Waals surface area contributed by atoms with E-state index in [1.807, 2.05) is 0 Å². The number of primary amides is 1. The van der Waals surface area contributed by atoms with Crippen molar-refractivity contribution in [2.45, 2.75) is 181 Å². The lowest BCUT2D eigenvalue weighted by Gasteiger charge is -2.36. The lowest BCUT2D eigenvalue weighted by Crippen LogP contribution is -2.62. The number of rotatable bonds is 37. The predicted octanol–water partition coefficient (Wildman–Crippen LogP) is -7.25. The number of nitrogens with zero attached hydrogens (tertiary/aromatic N) is 5. The number of H-pyrrole nitrogens is 1. The highest BCUT2D eigenvalue weighted by molar-refractivity contribution is 8.00. The van der Waals surface area contributed by atoms with Crippen LogP contribution < -0.4 is 64.2 Å². The van der Waals surface area contributed by atoms with Gasteiger partial charge in [0.1, 0.15) is 66.2 Å². The van der Waals surface area contributed by atoms with Crippen LogP contribution >= 0.6 is 32.2 Å². The number of thioether (sulfide) groups is 1. The number of thiol groups is 1. The van der Waals surface area contributed by atoms with Gasteiger partial charge in [0, 0.05) is 74.1 Å². The number of fused-ring (bicyclic) bond motifs is 1. The number of amides is 16. The van der Waals surface area contributed by atoms with Gasteiger partial charge in [-0.25, -0.2) is 14.3 Å². The van der Waals surface area contributed by atoms with E-state index in [1.165, 1.54) is 39.4 Å². The number of likely N-dealkylation sites (tertiary alicyclic amines) is 4. The Bertz CT molecular complexity index is 3640. The Morgan fingerprint density at radius 3 is 1.73 bits per heavy atom. The maximum absolute atomic E-state index is 14.8. The molecule has 0 aliphatic carbocycles. The molecule has 1 aromatic carbocycles. The number of carbonyl (C=O) groups excluding carboxylic acids is 15. The summed E-state index contributed by atoms with van der Waals surface area (Å²) in [4.78, 5) is 234. The molecule has 0 bridgehead atoms. The van der Waals surface area contributed by atoms with E-state index in [1.54, 1.807) is 23.9 Å². The Balaban J connectivity index is 0.820. The first kappa shape index (κ1) is 83.4. The Hall–Kier alpha value is -9.19. The first-order valence-corrected chi connectivity index (χ1v) is 38.3. The monoisotopic (exact) mass is 1560 g/mol. The number of unbranched alkanes of at least 4 members (excludes halogenated alkanes) is 1. The number of phenols is 1. The van der Waals surface area contributed by atoms with E-state index in [0.29, 0.717) is 37.7 Å². The molecule has 6 aliphatic rings. The minimum absolute atomic E-state index is 0.00491. The smallest absolute Gasteiger partial charge is 0.469 e. The maximum atomic E-state index is 14.8.